The van der Waals surface area contributed by atoms with Crippen molar-refractivity contribution in [3.63, 3.8) is 0 Å². The highest BCUT2D eigenvalue weighted by Crippen LogP contribution is 2.23. The van der Waals surface area contributed by atoms with Crippen LogP contribution in [0.3, 0.4) is 0 Å². The van der Waals surface area contributed by atoms with E-state index in [1.165, 1.54) is 11.1 Å². The zero-order valence-electron chi connectivity index (χ0n) is 21.1. The second-order valence-electron chi connectivity index (χ2n) is 9.27. The topological polar surface area (TPSA) is 147 Å². The van der Waals surface area contributed by atoms with Crippen molar-refractivity contribution >= 4 is 29.5 Å². The number of nitriles is 1. The van der Waals surface area contributed by atoms with Gasteiger partial charge in [-0.3, -0.25) is 14.5 Å². The molecule has 2 aromatic heterocycles. The van der Waals surface area contributed by atoms with Gasteiger partial charge in [0.15, 0.2) is 6.29 Å². The minimum Gasteiger partial charge on any atom is -0.381 e. The van der Waals surface area contributed by atoms with Crippen LogP contribution in [0, 0.1) is 11.3 Å². The maximum Gasteiger partial charge on any atom is 0.237 e. The molecule has 0 saturated carbocycles. The number of aromatic nitrogens is 2. The van der Waals surface area contributed by atoms with Gasteiger partial charge < -0.3 is 30.3 Å². The molecule has 1 amide bonds. The van der Waals surface area contributed by atoms with Gasteiger partial charge in [0.25, 0.3) is 0 Å². The number of hydrogen-bond donors (Lipinski definition) is 3. The number of ether oxygens (including phenoxy) is 1. The van der Waals surface area contributed by atoms with Crippen molar-refractivity contribution in [3.05, 3.63) is 41.2 Å². The first-order chi connectivity index (χ1) is 17.9. The molecule has 37 heavy (non-hydrogen) atoms. The highest BCUT2D eigenvalue weighted by Gasteiger charge is 2.23. The van der Waals surface area contributed by atoms with Crippen LogP contribution in [0.5, 0.6) is 0 Å². The van der Waals surface area contributed by atoms with Gasteiger partial charge in [-0.1, -0.05) is 6.07 Å². The molecule has 2 aromatic rings. The number of aldehydes is 1. The van der Waals surface area contributed by atoms with Crippen LogP contribution in [-0.2, 0) is 16.1 Å². The first-order valence-electron chi connectivity index (χ1n) is 12.2. The van der Waals surface area contributed by atoms with Crippen molar-refractivity contribution in [2.45, 2.75) is 31.8 Å². The number of carbonyl (C=O) groups excluding carboxylic acids is 2. The fourth-order valence-corrected chi connectivity index (χ4v) is 4.28. The Balaban J connectivity index is 1.44. The first-order valence-corrected chi connectivity index (χ1v) is 12.2. The lowest BCUT2D eigenvalue weighted by molar-refractivity contribution is -0.136. The number of hydrogen-bond acceptors (Lipinski definition) is 11. The summed E-state index contributed by atoms with van der Waals surface area (Å²) in [7, 11) is 3.53. The van der Waals surface area contributed by atoms with Crippen LogP contribution >= 0.6 is 0 Å². The van der Waals surface area contributed by atoms with Crippen LogP contribution in [0.4, 0.5) is 17.3 Å². The van der Waals surface area contributed by atoms with Gasteiger partial charge in [0, 0.05) is 63.8 Å². The van der Waals surface area contributed by atoms with E-state index in [4.69, 9.17) is 4.74 Å². The molecule has 0 radical (unpaired) electrons. The number of amides is 1. The third-order valence-electron chi connectivity index (χ3n) is 6.59. The van der Waals surface area contributed by atoms with Crippen molar-refractivity contribution < 1.29 is 19.4 Å². The second-order valence-corrected chi connectivity index (χ2v) is 9.27. The second kappa shape index (κ2) is 12.0. The average Bonchev–Trinajstić information content (AvgIpc) is 2.90. The number of pyridine rings is 2. The normalized spacial score (nSPS) is 17.7. The molecular formula is C25H32N8O4. The summed E-state index contributed by atoms with van der Waals surface area (Å²) in [5, 5.41) is 26.6. The third-order valence-corrected chi connectivity index (χ3v) is 6.59. The Kier molecular flexibility index (Phi) is 8.50. The third kappa shape index (κ3) is 6.51. The molecule has 0 spiro atoms. The Morgan fingerprint density at radius 2 is 2.14 bits per heavy atom. The molecule has 2 aliphatic heterocycles. The largest absolute Gasteiger partial charge is 0.381 e. The van der Waals surface area contributed by atoms with Crippen LogP contribution in [0.1, 0.15) is 34.5 Å². The molecule has 0 aliphatic carbocycles. The molecule has 0 bridgehead atoms. The quantitative estimate of drug-likeness (QED) is 0.327. The minimum atomic E-state index is -1.21. The molecule has 2 aliphatic rings. The van der Waals surface area contributed by atoms with Crippen molar-refractivity contribution in [2.24, 2.45) is 0 Å². The maximum atomic E-state index is 12.3. The summed E-state index contributed by atoms with van der Waals surface area (Å²) in [5.74, 6) is 0.741. The van der Waals surface area contributed by atoms with Gasteiger partial charge in [0.1, 0.15) is 23.4 Å². The average molecular weight is 509 g/mol. The SMILES string of the molecule is CN1CCN(Cc2ccc(N(C)C(O)Nc3cc(NC4CCOCC4)c(C#N)cn3)nc2C=O)C(=O)C1. The lowest BCUT2D eigenvalue weighted by Gasteiger charge is -2.32. The highest BCUT2D eigenvalue weighted by molar-refractivity contribution is 5.80. The van der Waals surface area contributed by atoms with E-state index in [1.807, 2.05) is 11.9 Å². The van der Waals surface area contributed by atoms with Crippen molar-refractivity contribution in [1.29, 1.82) is 5.26 Å². The van der Waals surface area contributed by atoms with Crippen LogP contribution in [0.15, 0.2) is 24.4 Å². The first kappa shape index (κ1) is 26.3. The molecule has 2 saturated heterocycles. The van der Waals surface area contributed by atoms with Gasteiger partial charge >= 0.3 is 0 Å². The van der Waals surface area contributed by atoms with E-state index < -0.39 is 6.35 Å². The molecule has 196 valence electrons. The number of carbonyl (C=O) groups is 2. The number of nitrogens with one attached hydrogen (secondary N) is 2. The van der Waals surface area contributed by atoms with Gasteiger partial charge in [-0.05, 0) is 26.0 Å². The van der Waals surface area contributed by atoms with Gasteiger partial charge in [0.05, 0.1) is 17.8 Å². The van der Waals surface area contributed by atoms with E-state index in [0.29, 0.717) is 67.6 Å². The van der Waals surface area contributed by atoms with Crippen molar-refractivity contribution in [3.8, 4) is 6.07 Å². The number of likely N-dealkylation sites (N-methyl/N-ethyl adjacent to an activating group) is 1. The predicted octanol–water partition coefficient (Wildman–Crippen LogP) is 0.850. The van der Waals surface area contributed by atoms with Crippen LogP contribution in [-0.4, -0.2) is 96.4 Å². The minimum absolute atomic E-state index is 0.00649. The fourth-order valence-electron chi connectivity index (χ4n) is 4.28. The lowest BCUT2D eigenvalue weighted by Crippen LogP contribution is -2.48. The Morgan fingerprint density at radius 1 is 1.35 bits per heavy atom. The molecule has 4 rings (SSSR count). The van der Waals surface area contributed by atoms with E-state index in [2.05, 4.69) is 26.7 Å². The Labute approximate surface area is 215 Å². The molecule has 0 aromatic carbocycles. The summed E-state index contributed by atoms with van der Waals surface area (Å²) in [5.41, 5.74) is 1.89. The van der Waals surface area contributed by atoms with E-state index in [1.54, 1.807) is 30.1 Å². The summed E-state index contributed by atoms with van der Waals surface area (Å²) in [6.45, 7) is 3.33. The monoisotopic (exact) mass is 508 g/mol. The van der Waals surface area contributed by atoms with Crippen molar-refractivity contribution in [2.75, 3.05) is 62.5 Å². The number of rotatable bonds is 9. The molecule has 1 atom stereocenters. The Morgan fingerprint density at radius 3 is 2.84 bits per heavy atom. The highest BCUT2D eigenvalue weighted by atomic mass is 16.5. The zero-order chi connectivity index (χ0) is 26.4. The fraction of sp³-hybridized carbons (Fsp3) is 0.480. The standard InChI is InChI=1S/C25H32N8O4/c1-31-7-8-33(24(35)15-31)14-17-3-4-23(29-21(17)16-34)32(2)25(36)30-22-11-20(18(12-26)13-27-22)28-19-5-9-37-10-6-19/h3-4,11,13,16,19,25,36H,5-10,14-15H2,1-2H3,(H2,27,28,30). The summed E-state index contributed by atoms with van der Waals surface area (Å²) in [4.78, 5) is 37.9. The van der Waals surface area contributed by atoms with Gasteiger partial charge in [-0.15, -0.1) is 0 Å². The number of aliphatic hydroxyl groups is 1. The van der Waals surface area contributed by atoms with Crippen LogP contribution in [0.25, 0.3) is 0 Å². The van der Waals surface area contributed by atoms with Crippen molar-refractivity contribution in [1.82, 2.24) is 19.8 Å². The Bertz CT molecular complexity index is 1160. The summed E-state index contributed by atoms with van der Waals surface area (Å²) in [6.07, 6.45) is 2.57. The van der Waals surface area contributed by atoms with Crippen LogP contribution < -0.4 is 15.5 Å². The molecular weight excluding hydrogens is 476 g/mol. The van der Waals surface area contributed by atoms with Gasteiger partial charge in [-0.2, -0.15) is 5.26 Å². The molecule has 12 nitrogen and oxygen atoms in total. The lowest BCUT2D eigenvalue weighted by atomic mass is 10.1. The van der Waals surface area contributed by atoms with E-state index in [-0.39, 0.29) is 17.6 Å². The van der Waals surface area contributed by atoms with Crippen LogP contribution in [0.2, 0.25) is 0 Å². The zero-order valence-corrected chi connectivity index (χ0v) is 21.1. The number of piperazine rings is 1. The van der Waals surface area contributed by atoms with E-state index >= 15 is 0 Å². The van der Waals surface area contributed by atoms with E-state index in [9.17, 15) is 20.0 Å². The molecule has 3 N–H and O–H groups in total. The number of nitrogens with zero attached hydrogens (tertiary/aromatic N) is 6. The van der Waals surface area contributed by atoms with E-state index in [0.717, 1.165) is 19.4 Å². The smallest absolute Gasteiger partial charge is 0.237 e. The van der Waals surface area contributed by atoms with Gasteiger partial charge in [-0.25, -0.2) is 9.97 Å². The molecule has 1 unspecified atom stereocenters. The summed E-state index contributed by atoms with van der Waals surface area (Å²) < 4.78 is 5.39. The maximum absolute atomic E-state index is 12.3. The summed E-state index contributed by atoms with van der Waals surface area (Å²) in [6, 6.07) is 7.45. The van der Waals surface area contributed by atoms with Gasteiger partial charge in [0.2, 0.25) is 12.3 Å². The Hall–Kier alpha value is -3.79. The number of anilines is 3. The molecule has 12 heteroatoms. The molecule has 2 fully saturated rings. The molecule has 4 heterocycles. The predicted molar refractivity (Wildman–Crippen MR) is 137 cm³/mol. The number of aliphatic hydroxyl groups excluding tert-OH is 1. The summed E-state index contributed by atoms with van der Waals surface area (Å²) >= 11 is 0.